The van der Waals surface area contributed by atoms with Crippen LogP contribution < -0.4 is 11.1 Å². The molecule has 1 aliphatic carbocycles. The highest BCUT2D eigenvalue weighted by atomic mass is 16.8. The highest BCUT2D eigenvalue weighted by molar-refractivity contribution is 5.68. The van der Waals surface area contributed by atoms with E-state index < -0.39 is 148 Å². The van der Waals surface area contributed by atoms with Crippen molar-refractivity contribution in [3.8, 4) is 0 Å². The van der Waals surface area contributed by atoms with Crippen LogP contribution >= 0.6 is 0 Å². The van der Waals surface area contributed by atoms with Crippen molar-refractivity contribution in [1.82, 2.24) is 10.2 Å². The molecule has 0 aromatic heterocycles. The Balaban J connectivity index is 1.10. The summed E-state index contributed by atoms with van der Waals surface area (Å²) in [4.78, 5) is 39.1. The van der Waals surface area contributed by atoms with Gasteiger partial charge in [0.05, 0.1) is 74.9 Å². The van der Waals surface area contributed by atoms with Gasteiger partial charge < -0.3 is 84.0 Å². The number of alkyl carbamates (subject to hydrolysis) is 1. The molecule has 3 saturated heterocycles. The number of azide groups is 3. The monoisotopic (exact) mass is 1240 g/mol. The van der Waals surface area contributed by atoms with E-state index in [2.05, 4.69) is 35.4 Å². The maximum Gasteiger partial charge on any atom is 0.410 e. The molecule has 29 nitrogen and oxygen atoms in total. The van der Waals surface area contributed by atoms with E-state index in [-0.39, 0.29) is 39.4 Å². The molecule has 4 fully saturated rings. The molecule has 5 aromatic carbocycles. The van der Waals surface area contributed by atoms with Crippen LogP contribution in [0.2, 0.25) is 0 Å². The molecule has 20 atom stereocenters. The van der Waals surface area contributed by atoms with Crippen LogP contribution in [0.15, 0.2) is 167 Å². The van der Waals surface area contributed by atoms with Crippen molar-refractivity contribution < 1.29 is 82.5 Å². The molecule has 4 aliphatic rings. The Morgan fingerprint density at radius 2 is 1.12 bits per heavy atom. The average molecular weight is 1250 g/mol. The largest absolute Gasteiger partial charge is 0.445 e. The molecule has 3 aliphatic heterocycles. The van der Waals surface area contributed by atoms with Gasteiger partial charge in [-0.05, 0) is 57.8 Å². The summed E-state index contributed by atoms with van der Waals surface area (Å²) in [6.07, 6.45) is -26.2. The molecule has 0 bridgehead atoms. The lowest BCUT2D eigenvalue weighted by molar-refractivity contribution is -0.312. The second-order valence-electron chi connectivity index (χ2n) is 21.9. The number of carbonyl (C=O) groups excluding carboxylic acids is 2. The summed E-state index contributed by atoms with van der Waals surface area (Å²) in [5.74, 6) is 0. The normalized spacial score (nSPS) is 30.9. The summed E-state index contributed by atoms with van der Waals surface area (Å²) in [6.45, 7) is 0.0101. The van der Waals surface area contributed by atoms with Gasteiger partial charge in [0, 0.05) is 21.3 Å². The van der Waals surface area contributed by atoms with Crippen molar-refractivity contribution in [2.45, 2.75) is 169 Å². The zero-order chi connectivity index (χ0) is 63.5. The number of amides is 2. The molecule has 0 unspecified atom stereocenters. The zero-order valence-corrected chi connectivity index (χ0v) is 48.8. The minimum absolute atomic E-state index is 0.0213. The van der Waals surface area contributed by atoms with Crippen molar-refractivity contribution in [1.29, 1.82) is 0 Å². The van der Waals surface area contributed by atoms with Crippen molar-refractivity contribution in [3.63, 3.8) is 0 Å². The predicted molar refractivity (Wildman–Crippen MR) is 316 cm³/mol. The van der Waals surface area contributed by atoms with Crippen molar-refractivity contribution in [2.75, 3.05) is 13.2 Å². The molecular formula is C61H72N12O17. The number of hydrogen-bond donors (Lipinski definition) is 7. The SMILES string of the molecule is C[C@H]([C@H]1O[C@H](O[C@@H]2[C@@H](NC(=O)OCc3ccccc3)[C@H](OCc3ccccc3)[C@@H](N)[C@H](O)[C@H]2O[C@@H]2O[C@H](CO)[C@@H](O[C@H]3O[C@@H](CN=[N+]=[N-])[C@@H](O)[C@H](O)[C@H]3N=[N+]=[N-])[C@H]2O)[C@H](N=[N+]=[N-])C[C@@H]1OCc1ccccc1)N(Cc1ccccc1)C(=O)OCc1ccccc1. The summed E-state index contributed by atoms with van der Waals surface area (Å²) < 4.78 is 63.7. The van der Waals surface area contributed by atoms with Crippen LogP contribution in [0.1, 0.15) is 41.2 Å². The van der Waals surface area contributed by atoms with Crippen LogP contribution in [0.25, 0.3) is 31.3 Å². The molecule has 90 heavy (non-hydrogen) atoms. The molecule has 9 rings (SSSR count). The second-order valence-corrected chi connectivity index (χ2v) is 21.9. The smallest absolute Gasteiger partial charge is 0.410 e. The first-order valence-electron chi connectivity index (χ1n) is 29.2. The number of nitrogens with one attached hydrogen (secondary N) is 1. The molecule has 29 heteroatoms. The van der Waals surface area contributed by atoms with Crippen molar-refractivity contribution in [2.24, 2.45) is 21.1 Å². The number of benzene rings is 5. The van der Waals surface area contributed by atoms with Crippen LogP contribution in [0, 0.1) is 0 Å². The zero-order valence-electron chi connectivity index (χ0n) is 48.8. The number of rotatable bonds is 26. The number of hydrogen-bond acceptors (Lipinski definition) is 21. The fourth-order valence-electron chi connectivity index (χ4n) is 11.3. The van der Waals surface area contributed by atoms with Crippen LogP contribution in [0.4, 0.5) is 9.59 Å². The lowest BCUT2D eigenvalue weighted by Crippen LogP contribution is -2.73. The van der Waals surface area contributed by atoms with Gasteiger partial charge in [0.25, 0.3) is 0 Å². The Morgan fingerprint density at radius 3 is 1.69 bits per heavy atom. The number of aliphatic hydroxyl groups excluding tert-OH is 5. The Hall–Kier alpha value is -7.99. The maximum absolute atomic E-state index is 14.6. The van der Waals surface area contributed by atoms with Gasteiger partial charge in [-0.1, -0.05) is 167 Å². The van der Waals surface area contributed by atoms with E-state index in [1.165, 1.54) is 4.90 Å². The third kappa shape index (κ3) is 16.9. The molecule has 1 saturated carbocycles. The molecule has 3 heterocycles. The van der Waals surface area contributed by atoms with E-state index >= 15 is 0 Å². The Bertz CT molecular complexity index is 3200. The van der Waals surface area contributed by atoms with Gasteiger partial charge in [0.1, 0.15) is 68.1 Å². The highest BCUT2D eigenvalue weighted by Gasteiger charge is 2.58. The molecule has 478 valence electrons. The van der Waals surface area contributed by atoms with Gasteiger partial charge in [0.15, 0.2) is 18.9 Å². The molecule has 0 radical (unpaired) electrons. The minimum atomic E-state index is -1.96. The first-order chi connectivity index (χ1) is 43.8. The molecule has 2 amide bonds. The quantitative estimate of drug-likeness (QED) is 0.0194. The fraction of sp³-hybridized carbons (Fsp3) is 0.475. The van der Waals surface area contributed by atoms with Gasteiger partial charge in [-0.15, -0.1) is 0 Å². The van der Waals surface area contributed by atoms with Gasteiger partial charge in [-0.25, -0.2) is 9.59 Å². The Kier molecular flexibility index (Phi) is 24.1. The van der Waals surface area contributed by atoms with Crippen molar-refractivity contribution >= 4 is 12.2 Å². The number of nitrogens with zero attached hydrogens (tertiary/aromatic N) is 10. The predicted octanol–water partition coefficient (Wildman–Crippen LogP) is 5.85. The lowest BCUT2D eigenvalue weighted by Gasteiger charge is -2.51. The van der Waals surface area contributed by atoms with E-state index in [1.807, 2.05) is 91.0 Å². The Morgan fingerprint density at radius 1 is 0.600 bits per heavy atom. The third-order valence-corrected chi connectivity index (χ3v) is 16.0. The topological polar surface area (TPSA) is 415 Å². The van der Waals surface area contributed by atoms with E-state index in [1.54, 1.807) is 67.6 Å². The first-order valence-corrected chi connectivity index (χ1v) is 29.2. The average Bonchev–Trinajstić information content (AvgIpc) is 1.25. The third-order valence-electron chi connectivity index (χ3n) is 16.0. The van der Waals surface area contributed by atoms with Crippen molar-refractivity contribution in [3.05, 3.63) is 211 Å². The van der Waals surface area contributed by atoms with E-state index in [0.29, 0.717) is 11.1 Å². The summed E-state index contributed by atoms with van der Waals surface area (Å²) in [7, 11) is 0. The van der Waals surface area contributed by atoms with Crippen LogP contribution in [-0.2, 0) is 80.3 Å². The summed E-state index contributed by atoms with van der Waals surface area (Å²) in [5.41, 5.74) is 39.3. The van der Waals surface area contributed by atoms with Crippen LogP contribution in [-0.4, -0.2) is 178 Å². The van der Waals surface area contributed by atoms with E-state index in [4.69, 9.17) is 58.6 Å². The van der Waals surface area contributed by atoms with Gasteiger partial charge in [0.2, 0.25) is 0 Å². The highest BCUT2D eigenvalue weighted by Crippen LogP contribution is 2.39. The number of ether oxygens (including phenoxy) is 10. The Labute approximate surface area is 516 Å². The molecular weight excluding hydrogens is 1170 g/mol. The van der Waals surface area contributed by atoms with Gasteiger partial charge in [-0.2, -0.15) is 0 Å². The number of carbonyl (C=O) groups is 2. The van der Waals surface area contributed by atoms with Crippen LogP contribution in [0.3, 0.4) is 0 Å². The molecule has 5 aromatic rings. The molecule has 8 N–H and O–H groups in total. The summed E-state index contributed by atoms with van der Waals surface area (Å²) in [5, 5.41) is 71.5. The maximum atomic E-state index is 14.6. The summed E-state index contributed by atoms with van der Waals surface area (Å²) >= 11 is 0. The van der Waals surface area contributed by atoms with Gasteiger partial charge >= 0.3 is 12.2 Å². The standard InChI is InChI=1S/C61H72N12O17/c1-35(73(29-36-17-7-2-8-18-36)61(80)84-34-40-25-15-6-16-26-40)52-42(81-31-37-19-9-3-10-20-37)27-41(68-71-64)57(87-52)89-55-47(67-60(79)83-33-39-23-13-5-14-24-39)54(82-32-38-21-11-4-12-22-38)45(62)49(76)56(55)90-59-51(78)53(44(30-74)86-59)88-58-46(69-72-65)50(77)48(75)43(85-58)28-66-70-63/h2-26,35,41-59,74-78H,27-34,62H2,1H3,(H,67,79)/t35-,41-,42+,43+,44-,45+,46-,47+,48-,49+,50-,51-,52-,53-,54-,55-,56-,57-,58-,59+/m1/s1. The van der Waals surface area contributed by atoms with Gasteiger partial charge in [-0.3, -0.25) is 4.90 Å². The lowest BCUT2D eigenvalue weighted by atomic mass is 9.81. The van der Waals surface area contributed by atoms with Crippen LogP contribution in [0.5, 0.6) is 0 Å². The first kappa shape index (κ1) is 66.4. The second kappa shape index (κ2) is 32.7. The number of nitrogens with two attached hydrogens (primary N) is 1. The molecule has 0 spiro atoms. The van der Waals surface area contributed by atoms with E-state index in [9.17, 15) is 46.2 Å². The number of aliphatic hydroxyl groups is 5. The fourth-order valence-corrected chi connectivity index (χ4v) is 11.3. The van der Waals surface area contributed by atoms with E-state index in [0.717, 1.165) is 16.7 Å². The summed E-state index contributed by atoms with van der Waals surface area (Å²) in [6, 6.07) is 38.4. The minimum Gasteiger partial charge on any atom is -0.445 e.